The van der Waals surface area contributed by atoms with Gasteiger partial charge in [-0.15, -0.1) is 0 Å². The highest BCUT2D eigenvalue weighted by atomic mass is 19.1. The number of nitrogens with one attached hydrogen (secondary N) is 2. The van der Waals surface area contributed by atoms with Gasteiger partial charge in [-0.05, 0) is 68.3 Å². The molecule has 2 aromatic carbocycles. The molecule has 0 unspecified atom stereocenters. The number of anilines is 1. The van der Waals surface area contributed by atoms with Crippen molar-refractivity contribution >= 4 is 23.6 Å². The number of hydrogen-bond acceptors (Lipinski definition) is 2. The maximum absolute atomic E-state index is 12.8. The molecule has 0 atom stereocenters. The quantitative estimate of drug-likeness (QED) is 0.811. The first-order valence-corrected chi connectivity index (χ1v) is 8.01. The van der Waals surface area contributed by atoms with Gasteiger partial charge >= 0.3 is 0 Å². The molecule has 5 heteroatoms. The van der Waals surface area contributed by atoms with E-state index < -0.39 is 0 Å². The molecule has 2 aromatic rings. The number of hydrogen-bond donors (Lipinski definition) is 2. The standard InChI is InChI=1S/C20H21FN2O2/c1-13(2)22-20(25)18-10-9-17(12-14(18)3)23-19(24)11-6-15-4-7-16(21)8-5-15/h4-13H,1-3H3,(H,22,25)(H,23,24). The second-order valence-corrected chi connectivity index (χ2v) is 6.03. The maximum atomic E-state index is 12.8. The van der Waals surface area contributed by atoms with Crippen molar-refractivity contribution in [2.75, 3.05) is 5.32 Å². The van der Waals surface area contributed by atoms with Crippen LogP contribution in [0.4, 0.5) is 10.1 Å². The lowest BCUT2D eigenvalue weighted by atomic mass is 10.1. The van der Waals surface area contributed by atoms with Crippen LogP contribution in [0.15, 0.2) is 48.5 Å². The van der Waals surface area contributed by atoms with Crippen LogP contribution in [0, 0.1) is 12.7 Å². The van der Waals surface area contributed by atoms with E-state index in [0.29, 0.717) is 11.3 Å². The number of aryl methyl sites for hydroxylation is 1. The maximum Gasteiger partial charge on any atom is 0.251 e. The largest absolute Gasteiger partial charge is 0.350 e. The molecular formula is C20H21FN2O2. The molecule has 2 rings (SSSR count). The van der Waals surface area contributed by atoms with Crippen molar-refractivity contribution in [3.05, 3.63) is 71.0 Å². The fraction of sp³-hybridized carbons (Fsp3) is 0.200. The molecule has 0 saturated carbocycles. The van der Waals surface area contributed by atoms with E-state index in [2.05, 4.69) is 10.6 Å². The van der Waals surface area contributed by atoms with E-state index in [1.165, 1.54) is 18.2 Å². The second-order valence-electron chi connectivity index (χ2n) is 6.03. The molecular weight excluding hydrogens is 319 g/mol. The van der Waals surface area contributed by atoms with Crippen LogP contribution >= 0.6 is 0 Å². The van der Waals surface area contributed by atoms with Gasteiger partial charge in [0.25, 0.3) is 5.91 Å². The van der Waals surface area contributed by atoms with Crippen LogP contribution in [0.5, 0.6) is 0 Å². The molecule has 0 aliphatic heterocycles. The van der Waals surface area contributed by atoms with Crippen molar-refractivity contribution in [1.29, 1.82) is 0 Å². The van der Waals surface area contributed by atoms with Crippen LogP contribution in [-0.4, -0.2) is 17.9 Å². The minimum absolute atomic E-state index is 0.0582. The summed E-state index contributed by atoms with van der Waals surface area (Å²) in [6, 6.07) is 11.0. The van der Waals surface area contributed by atoms with E-state index in [9.17, 15) is 14.0 Å². The molecule has 0 bridgehead atoms. The van der Waals surface area contributed by atoms with Gasteiger partial charge < -0.3 is 10.6 Å². The van der Waals surface area contributed by atoms with E-state index in [4.69, 9.17) is 0 Å². The predicted octanol–water partition coefficient (Wildman–Crippen LogP) is 3.92. The van der Waals surface area contributed by atoms with Gasteiger partial charge in [0, 0.05) is 23.4 Å². The minimum atomic E-state index is -0.321. The fourth-order valence-electron chi connectivity index (χ4n) is 2.27. The summed E-state index contributed by atoms with van der Waals surface area (Å²) in [5.74, 6) is -0.761. The molecule has 0 saturated heterocycles. The average molecular weight is 340 g/mol. The van der Waals surface area contributed by atoms with Gasteiger partial charge in [-0.2, -0.15) is 0 Å². The third-order valence-corrected chi connectivity index (χ3v) is 3.46. The number of carbonyl (C=O) groups excluding carboxylic acids is 2. The van der Waals surface area contributed by atoms with Crippen LogP contribution < -0.4 is 10.6 Å². The topological polar surface area (TPSA) is 58.2 Å². The van der Waals surface area contributed by atoms with Crippen LogP contribution in [0.1, 0.15) is 35.3 Å². The molecule has 2 amide bonds. The molecule has 0 spiro atoms. The summed E-state index contributed by atoms with van der Waals surface area (Å²) in [4.78, 5) is 24.0. The minimum Gasteiger partial charge on any atom is -0.350 e. The Morgan fingerprint density at radius 1 is 1.08 bits per heavy atom. The van der Waals surface area contributed by atoms with Crippen molar-refractivity contribution < 1.29 is 14.0 Å². The lowest BCUT2D eigenvalue weighted by molar-refractivity contribution is -0.111. The zero-order chi connectivity index (χ0) is 18.4. The van der Waals surface area contributed by atoms with Gasteiger partial charge in [0.05, 0.1) is 0 Å². The summed E-state index contributed by atoms with van der Waals surface area (Å²) in [5.41, 5.74) is 2.69. The second kappa shape index (κ2) is 8.24. The molecule has 0 aliphatic carbocycles. The molecule has 0 fully saturated rings. The highest BCUT2D eigenvalue weighted by molar-refractivity contribution is 6.02. The lowest BCUT2D eigenvalue weighted by Crippen LogP contribution is -2.30. The van der Waals surface area contributed by atoms with Crippen molar-refractivity contribution in [2.45, 2.75) is 26.8 Å². The number of rotatable bonds is 5. The van der Waals surface area contributed by atoms with Crippen LogP contribution in [0.25, 0.3) is 6.08 Å². The first-order chi connectivity index (χ1) is 11.8. The summed E-state index contributed by atoms with van der Waals surface area (Å²) >= 11 is 0. The van der Waals surface area contributed by atoms with Gasteiger partial charge in [0.15, 0.2) is 0 Å². The Morgan fingerprint density at radius 2 is 1.76 bits per heavy atom. The molecule has 2 N–H and O–H groups in total. The fourth-order valence-corrected chi connectivity index (χ4v) is 2.27. The Labute approximate surface area is 146 Å². The molecule has 0 aromatic heterocycles. The third-order valence-electron chi connectivity index (χ3n) is 3.46. The molecule has 0 heterocycles. The van der Waals surface area contributed by atoms with Crippen LogP contribution in [-0.2, 0) is 4.79 Å². The van der Waals surface area contributed by atoms with Gasteiger partial charge in [-0.25, -0.2) is 4.39 Å². The Morgan fingerprint density at radius 3 is 2.36 bits per heavy atom. The van der Waals surface area contributed by atoms with Crippen LogP contribution in [0.3, 0.4) is 0 Å². The first kappa shape index (κ1) is 18.4. The predicted molar refractivity (Wildman–Crippen MR) is 97.8 cm³/mol. The van der Waals surface area contributed by atoms with Crippen molar-refractivity contribution in [2.24, 2.45) is 0 Å². The van der Waals surface area contributed by atoms with Gasteiger partial charge in [0.1, 0.15) is 5.82 Å². The SMILES string of the molecule is Cc1cc(NC(=O)C=Cc2ccc(F)cc2)ccc1C(=O)NC(C)C. The monoisotopic (exact) mass is 340 g/mol. The van der Waals surface area contributed by atoms with E-state index in [-0.39, 0.29) is 23.7 Å². The highest BCUT2D eigenvalue weighted by Gasteiger charge is 2.10. The van der Waals surface area contributed by atoms with Crippen LogP contribution in [0.2, 0.25) is 0 Å². The Hall–Kier alpha value is -2.95. The summed E-state index contributed by atoms with van der Waals surface area (Å²) in [7, 11) is 0. The Bertz CT molecular complexity index is 796. The molecule has 0 radical (unpaired) electrons. The van der Waals surface area contributed by atoms with E-state index >= 15 is 0 Å². The summed E-state index contributed by atoms with van der Waals surface area (Å²) in [5, 5.41) is 5.58. The summed E-state index contributed by atoms with van der Waals surface area (Å²) in [6.45, 7) is 5.61. The molecule has 25 heavy (non-hydrogen) atoms. The number of carbonyl (C=O) groups is 2. The Kier molecular flexibility index (Phi) is 6.06. The van der Waals surface area contributed by atoms with Crippen molar-refractivity contribution in [1.82, 2.24) is 5.32 Å². The van der Waals surface area contributed by atoms with E-state index in [1.807, 2.05) is 20.8 Å². The van der Waals surface area contributed by atoms with Crippen molar-refractivity contribution in [3.63, 3.8) is 0 Å². The van der Waals surface area contributed by atoms with E-state index in [0.717, 1.165) is 11.1 Å². The average Bonchev–Trinajstić information content (AvgIpc) is 2.53. The zero-order valence-corrected chi connectivity index (χ0v) is 14.5. The summed E-state index contributed by atoms with van der Waals surface area (Å²) < 4.78 is 12.8. The van der Waals surface area contributed by atoms with Crippen molar-refractivity contribution in [3.8, 4) is 0 Å². The third kappa shape index (κ3) is 5.57. The molecule has 0 aliphatic rings. The van der Waals surface area contributed by atoms with E-state index in [1.54, 1.807) is 36.4 Å². The Balaban J connectivity index is 2.02. The molecule has 130 valence electrons. The number of amides is 2. The number of halogens is 1. The lowest BCUT2D eigenvalue weighted by Gasteiger charge is -2.11. The van der Waals surface area contributed by atoms with Gasteiger partial charge in [-0.1, -0.05) is 12.1 Å². The first-order valence-electron chi connectivity index (χ1n) is 8.01. The number of benzene rings is 2. The normalized spacial score (nSPS) is 10.9. The summed E-state index contributed by atoms with van der Waals surface area (Å²) in [6.07, 6.45) is 2.98. The van der Waals surface area contributed by atoms with Gasteiger partial charge in [-0.3, -0.25) is 9.59 Å². The molecule has 4 nitrogen and oxygen atoms in total. The highest BCUT2D eigenvalue weighted by Crippen LogP contribution is 2.16. The smallest absolute Gasteiger partial charge is 0.251 e. The zero-order valence-electron chi connectivity index (χ0n) is 14.5. The van der Waals surface area contributed by atoms with Gasteiger partial charge in [0.2, 0.25) is 5.91 Å².